The molecule has 8 heteroatoms. The van der Waals surface area contributed by atoms with Gasteiger partial charge in [0.15, 0.2) is 0 Å². The fourth-order valence-electron chi connectivity index (χ4n) is 2.15. The molecule has 0 aliphatic rings. The first kappa shape index (κ1) is 12.6. The van der Waals surface area contributed by atoms with E-state index in [4.69, 9.17) is 11.6 Å². The van der Waals surface area contributed by atoms with Gasteiger partial charge in [-0.3, -0.25) is 4.90 Å². The average Bonchev–Trinajstić information content (AvgIpc) is 2.89. The van der Waals surface area contributed by atoms with E-state index in [1.165, 1.54) is 9.42 Å². The number of pyridine rings is 1. The van der Waals surface area contributed by atoms with Crippen molar-refractivity contribution >= 4 is 39.9 Å². The van der Waals surface area contributed by atoms with E-state index in [2.05, 4.69) is 15.5 Å². The van der Waals surface area contributed by atoms with Crippen LogP contribution in [0.2, 0.25) is 5.02 Å². The number of halogens is 1. The molecule has 1 N–H and O–H groups in total. The second kappa shape index (κ2) is 4.61. The van der Waals surface area contributed by atoms with Crippen molar-refractivity contribution < 1.29 is 9.90 Å². The number of fused-ring (bicyclic) bond motifs is 3. The minimum atomic E-state index is -1.05. The van der Waals surface area contributed by atoms with Crippen LogP contribution in [0.25, 0.3) is 16.6 Å². The van der Waals surface area contributed by atoms with Crippen LogP contribution in [0.1, 0.15) is 6.92 Å². The molecule has 3 aromatic rings. The molecule has 102 valence electrons. The molecule has 0 aliphatic heterocycles. The van der Waals surface area contributed by atoms with E-state index in [0.717, 1.165) is 10.9 Å². The van der Waals surface area contributed by atoms with Crippen LogP contribution in [-0.2, 0) is 0 Å². The maximum absolute atomic E-state index is 11.3. The van der Waals surface area contributed by atoms with Crippen LogP contribution in [-0.4, -0.2) is 37.8 Å². The van der Waals surface area contributed by atoms with E-state index in [1.54, 1.807) is 31.2 Å². The molecule has 3 rings (SSSR count). The number of benzene rings is 1. The number of nitrogens with zero attached hydrogens (tertiary/aromatic N) is 5. The lowest BCUT2D eigenvalue weighted by Gasteiger charge is -2.17. The summed E-state index contributed by atoms with van der Waals surface area (Å²) in [6, 6.07) is 7.02. The molecule has 2 aromatic heterocycles. The number of aromatic nitrogens is 4. The van der Waals surface area contributed by atoms with Crippen molar-refractivity contribution in [3.63, 3.8) is 0 Å². The summed E-state index contributed by atoms with van der Waals surface area (Å²) in [5, 5.41) is 22.1. The molecule has 1 aromatic carbocycles. The Hall–Kier alpha value is -2.41. The highest BCUT2D eigenvalue weighted by Gasteiger charge is 2.19. The van der Waals surface area contributed by atoms with Crippen LogP contribution in [0.15, 0.2) is 24.3 Å². The molecule has 0 atom stereocenters. The summed E-state index contributed by atoms with van der Waals surface area (Å²) in [5.41, 5.74) is 1.55. The van der Waals surface area contributed by atoms with E-state index in [0.29, 0.717) is 22.9 Å². The highest BCUT2D eigenvalue weighted by Crippen LogP contribution is 2.27. The largest absolute Gasteiger partial charge is 0.465 e. The molecule has 0 fully saturated rings. The van der Waals surface area contributed by atoms with E-state index in [1.807, 2.05) is 0 Å². The van der Waals surface area contributed by atoms with Gasteiger partial charge in [0.2, 0.25) is 5.65 Å². The zero-order valence-corrected chi connectivity index (χ0v) is 11.2. The number of carboxylic acid groups (broad SMARTS) is 1. The first-order valence-corrected chi connectivity index (χ1v) is 6.30. The lowest BCUT2D eigenvalue weighted by Crippen LogP contribution is -2.29. The summed E-state index contributed by atoms with van der Waals surface area (Å²) in [7, 11) is 0. The summed E-state index contributed by atoms with van der Waals surface area (Å²) in [4.78, 5) is 12.5. The topological polar surface area (TPSA) is 83.6 Å². The Kier molecular flexibility index (Phi) is 2.90. The molecule has 0 unspecified atom stereocenters. The molecule has 0 saturated carbocycles. The fraction of sp³-hybridized carbons (Fsp3) is 0.167. The van der Waals surface area contributed by atoms with Gasteiger partial charge in [0.05, 0.1) is 11.2 Å². The van der Waals surface area contributed by atoms with Crippen LogP contribution in [0.3, 0.4) is 0 Å². The summed E-state index contributed by atoms with van der Waals surface area (Å²) in [5.74, 6) is 0. The second-order valence-corrected chi connectivity index (χ2v) is 4.61. The van der Waals surface area contributed by atoms with Crippen LogP contribution in [0.4, 0.5) is 10.5 Å². The van der Waals surface area contributed by atoms with Gasteiger partial charge < -0.3 is 5.11 Å². The van der Waals surface area contributed by atoms with Gasteiger partial charge in [-0.2, -0.15) is 4.52 Å². The molecule has 7 nitrogen and oxygen atoms in total. The van der Waals surface area contributed by atoms with Crippen molar-refractivity contribution in [1.29, 1.82) is 0 Å². The Morgan fingerprint density at radius 3 is 2.95 bits per heavy atom. The molecule has 1 amide bonds. The number of hydrogen-bond acceptors (Lipinski definition) is 4. The van der Waals surface area contributed by atoms with Gasteiger partial charge in [-0.05, 0) is 35.5 Å². The summed E-state index contributed by atoms with van der Waals surface area (Å²) < 4.78 is 1.49. The first-order chi connectivity index (χ1) is 9.61. The first-order valence-electron chi connectivity index (χ1n) is 5.92. The van der Waals surface area contributed by atoms with Gasteiger partial charge in [0, 0.05) is 17.0 Å². The summed E-state index contributed by atoms with van der Waals surface area (Å²) in [6.07, 6.45) is -1.05. The molecule has 0 bridgehead atoms. The summed E-state index contributed by atoms with van der Waals surface area (Å²) in [6.45, 7) is 2.05. The number of hydrogen-bond donors (Lipinski definition) is 1. The van der Waals surface area contributed by atoms with Gasteiger partial charge in [-0.25, -0.2) is 4.79 Å². The Morgan fingerprint density at radius 2 is 2.25 bits per heavy atom. The van der Waals surface area contributed by atoms with E-state index < -0.39 is 6.09 Å². The Labute approximate surface area is 118 Å². The number of tetrazole rings is 1. The van der Waals surface area contributed by atoms with Crippen LogP contribution < -0.4 is 4.90 Å². The number of anilines is 1. The van der Waals surface area contributed by atoms with Crippen molar-refractivity contribution in [2.75, 3.05) is 11.4 Å². The molecule has 2 heterocycles. The van der Waals surface area contributed by atoms with Gasteiger partial charge in [0.1, 0.15) is 0 Å². The quantitative estimate of drug-likeness (QED) is 0.784. The van der Waals surface area contributed by atoms with Crippen LogP contribution in [0, 0.1) is 0 Å². The maximum atomic E-state index is 11.3. The Bertz CT molecular complexity index is 816. The minimum absolute atomic E-state index is 0.303. The standard InChI is InChI=1S/C12H10ClN5O2/c1-2-17(12(19)20)10-5-7-3-4-8(13)6-9(7)18-11(10)14-15-16-18/h3-6H,2H2,1H3,(H,19,20). The van der Waals surface area contributed by atoms with Crippen molar-refractivity contribution in [2.24, 2.45) is 0 Å². The van der Waals surface area contributed by atoms with Crippen molar-refractivity contribution in [3.05, 3.63) is 29.3 Å². The normalized spacial score (nSPS) is 11.1. The highest BCUT2D eigenvalue weighted by molar-refractivity contribution is 6.31. The van der Waals surface area contributed by atoms with Crippen LogP contribution in [0.5, 0.6) is 0 Å². The number of carbonyl (C=O) groups is 1. The molecule has 0 radical (unpaired) electrons. The molecule has 0 saturated heterocycles. The van der Waals surface area contributed by atoms with Crippen molar-refractivity contribution in [1.82, 2.24) is 20.0 Å². The van der Waals surface area contributed by atoms with Gasteiger partial charge >= 0.3 is 6.09 Å². The third-order valence-corrected chi connectivity index (χ3v) is 3.28. The zero-order chi connectivity index (χ0) is 14.3. The predicted molar refractivity (Wildman–Crippen MR) is 74.3 cm³/mol. The minimum Gasteiger partial charge on any atom is -0.465 e. The highest BCUT2D eigenvalue weighted by atomic mass is 35.5. The molecule has 20 heavy (non-hydrogen) atoms. The van der Waals surface area contributed by atoms with Crippen molar-refractivity contribution in [2.45, 2.75) is 6.92 Å². The maximum Gasteiger partial charge on any atom is 0.411 e. The molecular formula is C12H10ClN5O2. The van der Waals surface area contributed by atoms with Gasteiger partial charge in [-0.1, -0.05) is 17.7 Å². The Balaban J connectivity index is 2.39. The zero-order valence-electron chi connectivity index (χ0n) is 10.5. The van der Waals surface area contributed by atoms with E-state index in [9.17, 15) is 9.90 Å². The molecule has 0 spiro atoms. The van der Waals surface area contributed by atoms with Gasteiger partial charge in [-0.15, -0.1) is 5.10 Å². The lowest BCUT2D eigenvalue weighted by atomic mass is 10.2. The smallest absolute Gasteiger partial charge is 0.411 e. The fourth-order valence-corrected chi connectivity index (χ4v) is 2.32. The number of rotatable bonds is 2. The monoisotopic (exact) mass is 291 g/mol. The predicted octanol–water partition coefficient (Wildman–Crippen LogP) is 2.44. The van der Waals surface area contributed by atoms with Crippen molar-refractivity contribution in [3.8, 4) is 0 Å². The molecule has 0 aliphatic carbocycles. The second-order valence-electron chi connectivity index (χ2n) is 4.17. The average molecular weight is 292 g/mol. The van der Waals surface area contributed by atoms with E-state index in [-0.39, 0.29) is 0 Å². The van der Waals surface area contributed by atoms with Gasteiger partial charge in [0.25, 0.3) is 0 Å². The molecular weight excluding hydrogens is 282 g/mol. The van der Waals surface area contributed by atoms with Crippen LogP contribution >= 0.6 is 11.6 Å². The lowest BCUT2D eigenvalue weighted by molar-refractivity contribution is 0.202. The summed E-state index contributed by atoms with van der Waals surface area (Å²) >= 11 is 5.98. The Morgan fingerprint density at radius 1 is 1.45 bits per heavy atom. The third-order valence-electron chi connectivity index (χ3n) is 3.05. The van der Waals surface area contributed by atoms with E-state index >= 15 is 0 Å². The third kappa shape index (κ3) is 1.83. The SMILES string of the molecule is CCN(C(=O)O)c1cc2ccc(Cl)cc2n2nnnc12. The number of amides is 1.